The van der Waals surface area contributed by atoms with Crippen LogP contribution < -0.4 is 5.32 Å². The summed E-state index contributed by atoms with van der Waals surface area (Å²) in [4.78, 5) is 22.9. The molecule has 0 aromatic heterocycles. The predicted molar refractivity (Wildman–Crippen MR) is 97.5 cm³/mol. The second-order valence-electron chi connectivity index (χ2n) is 6.70. The summed E-state index contributed by atoms with van der Waals surface area (Å²) in [6.07, 6.45) is 5.26. The van der Waals surface area contributed by atoms with Crippen molar-refractivity contribution >= 4 is 17.6 Å². The van der Waals surface area contributed by atoms with Crippen LogP contribution in [0.1, 0.15) is 50.2 Å². The molecule has 3 atom stereocenters. The van der Waals surface area contributed by atoms with Crippen LogP contribution in [0.3, 0.4) is 0 Å². The number of allylic oxidation sites excluding steroid dienone is 2. The van der Waals surface area contributed by atoms with Crippen molar-refractivity contribution in [3.63, 3.8) is 0 Å². The Morgan fingerprint density at radius 2 is 1.85 bits per heavy atom. The van der Waals surface area contributed by atoms with Crippen LogP contribution in [0.15, 0.2) is 54.6 Å². The van der Waals surface area contributed by atoms with Crippen LogP contribution >= 0.6 is 0 Å². The van der Waals surface area contributed by atoms with Gasteiger partial charge in [-0.1, -0.05) is 24.3 Å². The molecule has 2 aromatic carbocycles. The van der Waals surface area contributed by atoms with Gasteiger partial charge in [-0.2, -0.15) is 0 Å². The molecule has 0 saturated carbocycles. The normalized spacial score (nSPS) is 22.9. The maximum Gasteiger partial charge on any atom is 0.337 e. The van der Waals surface area contributed by atoms with Gasteiger partial charge in [-0.05, 0) is 53.8 Å². The van der Waals surface area contributed by atoms with Gasteiger partial charge in [0.15, 0.2) is 0 Å². The molecule has 0 unspecified atom stereocenters. The third-order valence-electron chi connectivity index (χ3n) is 5.30. The molecule has 5 nitrogen and oxygen atoms in total. The van der Waals surface area contributed by atoms with Crippen molar-refractivity contribution in [1.29, 1.82) is 0 Å². The fourth-order valence-corrected chi connectivity index (χ4v) is 4.00. The Bertz CT molecular complexity index is 901. The van der Waals surface area contributed by atoms with E-state index < -0.39 is 5.97 Å². The molecule has 0 fully saturated rings. The standard InChI is InChI=1S/C21H19NO4/c1-26-21(25)13-7-5-12(6-8-13)19-16-4-2-3-15(16)17-11-14(20(23)24)9-10-18(17)22-19/h2-3,5-11,15-16,19,22H,4H2,1H3,(H,23,24)/t15-,16-,19+/m1/s1. The number of carbonyl (C=O) groups is 2. The summed E-state index contributed by atoms with van der Waals surface area (Å²) in [6, 6.07) is 12.8. The van der Waals surface area contributed by atoms with Gasteiger partial charge in [0, 0.05) is 11.6 Å². The number of aromatic carboxylic acids is 1. The van der Waals surface area contributed by atoms with E-state index >= 15 is 0 Å². The summed E-state index contributed by atoms with van der Waals surface area (Å²) >= 11 is 0. The third-order valence-corrected chi connectivity index (χ3v) is 5.30. The van der Waals surface area contributed by atoms with Gasteiger partial charge in [-0.15, -0.1) is 0 Å². The quantitative estimate of drug-likeness (QED) is 0.647. The van der Waals surface area contributed by atoms with Crippen molar-refractivity contribution in [2.24, 2.45) is 5.92 Å². The first-order chi connectivity index (χ1) is 12.6. The van der Waals surface area contributed by atoms with Gasteiger partial charge >= 0.3 is 11.9 Å². The van der Waals surface area contributed by atoms with Gasteiger partial charge < -0.3 is 15.2 Å². The molecule has 0 amide bonds. The minimum absolute atomic E-state index is 0.102. The SMILES string of the molecule is COC(=O)c1ccc([C@@H]2Nc3ccc(C(=O)O)cc3[C@@H]3C=CC[C@H]32)cc1. The number of benzene rings is 2. The first kappa shape index (κ1) is 16.4. The van der Waals surface area contributed by atoms with E-state index in [1.165, 1.54) is 7.11 Å². The van der Waals surface area contributed by atoms with E-state index in [4.69, 9.17) is 4.74 Å². The number of carboxylic acids is 1. The molecule has 0 bridgehead atoms. The van der Waals surface area contributed by atoms with Crippen molar-refractivity contribution in [1.82, 2.24) is 0 Å². The van der Waals surface area contributed by atoms with E-state index in [0.29, 0.717) is 17.0 Å². The third kappa shape index (κ3) is 2.65. The second-order valence-corrected chi connectivity index (χ2v) is 6.70. The Hall–Kier alpha value is -3.08. The van der Waals surface area contributed by atoms with Crippen LogP contribution in [0, 0.1) is 5.92 Å². The summed E-state index contributed by atoms with van der Waals surface area (Å²) in [7, 11) is 1.37. The first-order valence-electron chi connectivity index (χ1n) is 8.57. The molecule has 1 aliphatic heterocycles. The van der Waals surface area contributed by atoms with Crippen LogP contribution in [0.2, 0.25) is 0 Å². The molecule has 1 aliphatic carbocycles. The van der Waals surface area contributed by atoms with Crippen molar-refractivity contribution in [2.45, 2.75) is 18.4 Å². The summed E-state index contributed by atoms with van der Waals surface area (Å²) in [5.41, 5.74) is 3.94. The van der Waals surface area contributed by atoms with Gasteiger partial charge in [0.25, 0.3) is 0 Å². The average Bonchev–Trinajstić information content (AvgIpc) is 3.16. The van der Waals surface area contributed by atoms with E-state index in [1.54, 1.807) is 24.3 Å². The lowest BCUT2D eigenvalue weighted by molar-refractivity contribution is 0.0599. The van der Waals surface area contributed by atoms with Crippen LogP contribution in [0.25, 0.3) is 0 Å². The summed E-state index contributed by atoms with van der Waals surface area (Å²) in [6.45, 7) is 0. The zero-order valence-electron chi connectivity index (χ0n) is 14.3. The zero-order chi connectivity index (χ0) is 18.3. The molecular weight excluding hydrogens is 330 g/mol. The van der Waals surface area contributed by atoms with E-state index in [0.717, 1.165) is 23.2 Å². The van der Waals surface area contributed by atoms with Crippen molar-refractivity contribution < 1.29 is 19.4 Å². The number of carboxylic acid groups (broad SMARTS) is 1. The highest BCUT2D eigenvalue weighted by Gasteiger charge is 2.38. The lowest BCUT2D eigenvalue weighted by Gasteiger charge is -2.37. The van der Waals surface area contributed by atoms with Crippen LogP contribution in [-0.4, -0.2) is 24.2 Å². The van der Waals surface area contributed by atoms with Crippen LogP contribution in [0.4, 0.5) is 5.69 Å². The molecule has 5 heteroatoms. The monoisotopic (exact) mass is 349 g/mol. The molecule has 2 aliphatic rings. The topological polar surface area (TPSA) is 75.6 Å². The highest BCUT2D eigenvalue weighted by atomic mass is 16.5. The summed E-state index contributed by atoms with van der Waals surface area (Å²) in [5, 5.41) is 12.8. The van der Waals surface area contributed by atoms with Gasteiger partial charge in [0.05, 0.1) is 24.3 Å². The summed E-state index contributed by atoms with van der Waals surface area (Å²) in [5.74, 6) is -0.752. The number of esters is 1. The van der Waals surface area contributed by atoms with Crippen molar-refractivity contribution in [3.8, 4) is 0 Å². The molecular formula is C21H19NO4. The Kier molecular flexibility index (Phi) is 3.99. The Morgan fingerprint density at radius 1 is 1.12 bits per heavy atom. The molecule has 2 aromatic rings. The van der Waals surface area contributed by atoms with E-state index in [-0.39, 0.29) is 17.9 Å². The average molecular weight is 349 g/mol. The minimum atomic E-state index is -0.910. The van der Waals surface area contributed by atoms with Gasteiger partial charge in [-0.25, -0.2) is 9.59 Å². The van der Waals surface area contributed by atoms with E-state index in [2.05, 4.69) is 17.5 Å². The number of hydrogen-bond donors (Lipinski definition) is 2. The maximum absolute atomic E-state index is 11.6. The van der Waals surface area contributed by atoms with Crippen LogP contribution in [0.5, 0.6) is 0 Å². The Morgan fingerprint density at radius 3 is 2.54 bits per heavy atom. The molecule has 1 heterocycles. The van der Waals surface area contributed by atoms with Gasteiger partial charge in [0.1, 0.15) is 0 Å². The number of hydrogen-bond acceptors (Lipinski definition) is 4. The molecule has 26 heavy (non-hydrogen) atoms. The van der Waals surface area contributed by atoms with E-state index in [9.17, 15) is 14.7 Å². The Balaban J connectivity index is 1.69. The van der Waals surface area contributed by atoms with Crippen LogP contribution in [-0.2, 0) is 4.74 Å². The molecule has 132 valence electrons. The number of anilines is 1. The predicted octanol–water partition coefficient (Wildman–Crippen LogP) is 4.00. The summed E-state index contributed by atoms with van der Waals surface area (Å²) < 4.78 is 4.76. The zero-order valence-corrected chi connectivity index (χ0v) is 14.3. The fraction of sp³-hybridized carbons (Fsp3) is 0.238. The minimum Gasteiger partial charge on any atom is -0.478 e. The van der Waals surface area contributed by atoms with Crippen molar-refractivity contribution in [2.75, 3.05) is 12.4 Å². The molecule has 0 radical (unpaired) electrons. The highest BCUT2D eigenvalue weighted by molar-refractivity contribution is 5.89. The smallest absolute Gasteiger partial charge is 0.337 e. The fourth-order valence-electron chi connectivity index (χ4n) is 4.00. The number of nitrogens with one attached hydrogen (secondary N) is 1. The molecule has 2 N–H and O–H groups in total. The number of carbonyl (C=O) groups excluding carboxylic acids is 1. The largest absolute Gasteiger partial charge is 0.478 e. The van der Waals surface area contributed by atoms with E-state index in [1.807, 2.05) is 18.2 Å². The lowest BCUT2D eigenvalue weighted by atomic mass is 9.76. The molecule has 4 rings (SSSR count). The van der Waals surface area contributed by atoms with Gasteiger partial charge in [0.2, 0.25) is 0 Å². The number of ether oxygens (including phenoxy) is 1. The van der Waals surface area contributed by atoms with Gasteiger partial charge in [-0.3, -0.25) is 0 Å². The number of fused-ring (bicyclic) bond motifs is 3. The number of methoxy groups -OCH3 is 1. The van der Waals surface area contributed by atoms with Crippen molar-refractivity contribution in [3.05, 3.63) is 76.9 Å². The first-order valence-corrected chi connectivity index (χ1v) is 8.57. The molecule has 0 spiro atoms. The maximum atomic E-state index is 11.6. The number of rotatable bonds is 3. The lowest BCUT2D eigenvalue weighted by Crippen LogP contribution is -2.29. The Labute approximate surface area is 151 Å². The molecule has 0 saturated heterocycles. The second kappa shape index (κ2) is 6.33. The highest BCUT2D eigenvalue weighted by Crippen LogP contribution is 2.49.